The Morgan fingerprint density at radius 1 is 1.18 bits per heavy atom. The molecule has 0 aliphatic rings. The van der Waals surface area contributed by atoms with E-state index >= 15 is 0 Å². The van der Waals surface area contributed by atoms with Crippen LogP contribution in [-0.4, -0.2) is 25.2 Å². The molecule has 0 fully saturated rings. The van der Waals surface area contributed by atoms with Crippen molar-refractivity contribution >= 4 is 34.7 Å². The van der Waals surface area contributed by atoms with Gasteiger partial charge in [-0.15, -0.1) is 11.3 Å². The second-order valence-electron chi connectivity index (χ2n) is 5.88. The lowest BCUT2D eigenvalue weighted by Gasteiger charge is -2.12. The average molecular weight is 418 g/mol. The summed E-state index contributed by atoms with van der Waals surface area (Å²) >= 11 is 7.76. The Morgan fingerprint density at radius 2 is 1.96 bits per heavy atom. The fraction of sp³-hybridized carbons (Fsp3) is 0.200. The van der Waals surface area contributed by atoms with Crippen molar-refractivity contribution in [3.63, 3.8) is 0 Å². The van der Waals surface area contributed by atoms with E-state index in [4.69, 9.17) is 21.1 Å². The van der Waals surface area contributed by atoms with E-state index in [2.05, 4.69) is 15.6 Å². The van der Waals surface area contributed by atoms with Gasteiger partial charge in [0.25, 0.3) is 0 Å². The van der Waals surface area contributed by atoms with E-state index in [0.717, 1.165) is 21.1 Å². The number of anilines is 1. The Kier molecular flexibility index (Phi) is 6.38. The summed E-state index contributed by atoms with van der Waals surface area (Å²) in [4.78, 5) is 17.8. The van der Waals surface area contributed by atoms with Crippen molar-refractivity contribution in [2.45, 2.75) is 13.5 Å². The number of nitrogens with zero attached hydrogens (tertiary/aromatic N) is 1. The summed E-state index contributed by atoms with van der Waals surface area (Å²) in [5, 5.41) is 7.11. The SMILES string of the molecule is COc1ccc(NC(=O)NCc2sc(-c3ccccc3Cl)nc2C)c(OC)c1. The molecule has 0 aliphatic heterocycles. The number of hydrogen-bond donors (Lipinski definition) is 2. The molecular weight excluding hydrogens is 398 g/mol. The van der Waals surface area contributed by atoms with Gasteiger partial charge in [0.2, 0.25) is 0 Å². The fourth-order valence-corrected chi connectivity index (χ4v) is 3.89. The van der Waals surface area contributed by atoms with Crippen LogP contribution in [0.3, 0.4) is 0 Å². The normalized spacial score (nSPS) is 10.4. The van der Waals surface area contributed by atoms with E-state index in [1.165, 1.54) is 18.4 Å². The molecule has 28 heavy (non-hydrogen) atoms. The minimum absolute atomic E-state index is 0.337. The highest BCUT2D eigenvalue weighted by Crippen LogP contribution is 2.33. The monoisotopic (exact) mass is 417 g/mol. The number of benzene rings is 2. The van der Waals surface area contributed by atoms with E-state index in [9.17, 15) is 4.79 Å². The van der Waals surface area contributed by atoms with Crippen LogP contribution in [0.25, 0.3) is 10.6 Å². The Bertz CT molecular complexity index is 991. The standard InChI is InChI=1S/C20H20ClN3O3S/c1-12-18(28-19(23-12)14-6-4-5-7-15(14)21)11-22-20(25)24-16-9-8-13(26-2)10-17(16)27-3/h4-10H,11H2,1-3H3,(H2,22,24,25). The minimum atomic E-state index is -0.337. The summed E-state index contributed by atoms with van der Waals surface area (Å²) in [5.74, 6) is 1.17. The van der Waals surface area contributed by atoms with E-state index in [1.54, 1.807) is 25.3 Å². The zero-order valence-electron chi connectivity index (χ0n) is 15.7. The summed E-state index contributed by atoms with van der Waals surface area (Å²) in [6.07, 6.45) is 0. The predicted octanol–water partition coefficient (Wildman–Crippen LogP) is 5.11. The molecule has 146 valence electrons. The molecule has 6 nitrogen and oxygen atoms in total. The summed E-state index contributed by atoms with van der Waals surface area (Å²) in [6, 6.07) is 12.4. The summed E-state index contributed by atoms with van der Waals surface area (Å²) in [6.45, 7) is 2.27. The third kappa shape index (κ3) is 4.55. The van der Waals surface area contributed by atoms with Gasteiger partial charge in [0, 0.05) is 16.5 Å². The van der Waals surface area contributed by atoms with Crippen molar-refractivity contribution in [2.24, 2.45) is 0 Å². The predicted molar refractivity (Wildman–Crippen MR) is 113 cm³/mol. The molecule has 2 N–H and O–H groups in total. The number of ether oxygens (including phenoxy) is 2. The van der Waals surface area contributed by atoms with Crippen molar-refractivity contribution < 1.29 is 14.3 Å². The van der Waals surface area contributed by atoms with Crippen LogP contribution >= 0.6 is 22.9 Å². The summed E-state index contributed by atoms with van der Waals surface area (Å²) in [7, 11) is 3.11. The van der Waals surface area contributed by atoms with E-state index in [1.807, 2.05) is 31.2 Å². The molecule has 0 spiro atoms. The Hall–Kier alpha value is -2.77. The number of amides is 2. The van der Waals surface area contributed by atoms with Crippen LogP contribution in [0, 0.1) is 6.92 Å². The highest BCUT2D eigenvalue weighted by molar-refractivity contribution is 7.15. The second kappa shape index (κ2) is 8.95. The molecule has 0 radical (unpaired) electrons. The van der Waals surface area contributed by atoms with Gasteiger partial charge in [0.1, 0.15) is 16.5 Å². The number of carbonyl (C=O) groups excluding carboxylic acids is 1. The van der Waals surface area contributed by atoms with Gasteiger partial charge in [-0.2, -0.15) is 0 Å². The molecule has 3 rings (SSSR count). The van der Waals surface area contributed by atoms with Crippen LogP contribution in [0.1, 0.15) is 10.6 Å². The van der Waals surface area contributed by atoms with E-state index in [-0.39, 0.29) is 6.03 Å². The fourth-order valence-electron chi connectivity index (χ4n) is 2.57. The first kappa shape index (κ1) is 20.0. The molecule has 0 saturated heterocycles. The van der Waals surface area contributed by atoms with Crippen LogP contribution in [0.5, 0.6) is 11.5 Å². The maximum absolute atomic E-state index is 12.3. The molecule has 0 aliphatic carbocycles. The first-order chi connectivity index (χ1) is 13.5. The quantitative estimate of drug-likeness (QED) is 0.584. The number of carbonyl (C=O) groups is 1. The van der Waals surface area contributed by atoms with Crippen LogP contribution in [0.2, 0.25) is 5.02 Å². The molecule has 0 atom stereocenters. The van der Waals surface area contributed by atoms with Crippen LogP contribution in [0.15, 0.2) is 42.5 Å². The average Bonchev–Trinajstić information content (AvgIpc) is 3.07. The minimum Gasteiger partial charge on any atom is -0.497 e. The van der Waals surface area contributed by atoms with E-state index < -0.39 is 0 Å². The Morgan fingerprint density at radius 3 is 2.68 bits per heavy atom. The first-order valence-corrected chi connectivity index (χ1v) is 9.69. The Balaban J connectivity index is 1.66. The van der Waals surface area contributed by atoms with Crippen LogP contribution in [0.4, 0.5) is 10.5 Å². The molecule has 1 heterocycles. The van der Waals surface area contributed by atoms with Gasteiger partial charge < -0.3 is 20.1 Å². The highest BCUT2D eigenvalue weighted by Gasteiger charge is 2.13. The molecule has 0 unspecified atom stereocenters. The van der Waals surface area contributed by atoms with Crippen LogP contribution in [-0.2, 0) is 6.54 Å². The number of thiazole rings is 1. The smallest absolute Gasteiger partial charge is 0.319 e. The molecule has 2 amide bonds. The summed E-state index contributed by atoms with van der Waals surface area (Å²) < 4.78 is 10.5. The van der Waals surface area contributed by atoms with Gasteiger partial charge in [-0.25, -0.2) is 9.78 Å². The van der Waals surface area contributed by atoms with Crippen molar-refractivity contribution in [3.05, 3.63) is 58.1 Å². The number of aromatic nitrogens is 1. The van der Waals surface area contributed by atoms with E-state index in [0.29, 0.717) is 28.8 Å². The maximum Gasteiger partial charge on any atom is 0.319 e. The van der Waals surface area contributed by atoms with Gasteiger partial charge in [-0.3, -0.25) is 0 Å². The maximum atomic E-state index is 12.3. The molecule has 8 heteroatoms. The lowest BCUT2D eigenvalue weighted by atomic mass is 10.2. The Labute approximate surface area is 172 Å². The largest absolute Gasteiger partial charge is 0.497 e. The number of nitrogens with one attached hydrogen (secondary N) is 2. The zero-order chi connectivity index (χ0) is 20.1. The topological polar surface area (TPSA) is 72.5 Å². The van der Waals surface area contributed by atoms with Gasteiger partial charge in [0.15, 0.2) is 0 Å². The van der Waals surface area contributed by atoms with Crippen LogP contribution < -0.4 is 20.1 Å². The third-order valence-corrected chi connectivity index (χ3v) is 5.58. The summed E-state index contributed by atoms with van der Waals surface area (Å²) in [5.41, 5.74) is 2.30. The molecule has 1 aromatic heterocycles. The third-order valence-electron chi connectivity index (χ3n) is 4.06. The number of aryl methyl sites for hydroxylation is 1. The molecular formula is C20H20ClN3O3S. The van der Waals surface area contributed by atoms with Crippen molar-refractivity contribution in [3.8, 4) is 22.1 Å². The number of hydrogen-bond acceptors (Lipinski definition) is 5. The van der Waals surface area contributed by atoms with Gasteiger partial charge in [-0.1, -0.05) is 29.8 Å². The van der Waals surface area contributed by atoms with Gasteiger partial charge in [-0.05, 0) is 25.1 Å². The lowest BCUT2D eigenvalue weighted by Crippen LogP contribution is -2.28. The number of urea groups is 1. The zero-order valence-corrected chi connectivity index (χ0v) is 17.3. The van der Waals surface area contributed by atoms with Gasteiger partial charge in [0.05, 0.1) is 37.2 Å². The van der Waals surface area contributed by atoms with Crippen molar-refractivity contribution in [2.75, 3.05) is 19.5 Å². The highest BCUT2D eigenvalue weighted by atomic mass is 35.5. The van der Waals surface area contributed by atoms with Gasteiger partial charge >= 0.3 is 6.03 Å². The first-order valence-electron chi connectivity index (χ1n) is 8.50. The molecule has 0 saturated carbocycles. The lowest BCUT2D eigenvalue weighted by molar-refractivity contribution is 0.251. The number of halogens is 1. The van der Waals surface area contributed by atoms with Crippen molar-refractivity contribution in [1.82, 2.24) is 10.3 Å². The van der Waals surface area contributed by atoms with Crippen molar-refractivity contribution in [1.29, 1.82) is 0 Å². The second-order valence-corrected chi connectivity index (χ2v) is 7.37. The number of methoxy groups -OCH3 is 2. The molecule has 2 aromatic carbocycles. The molecule has 0 bridgehead atoms. The number of rotatable bonds is 6. The molecule has 3 aromatic rings.